The van der Waals surface area contributed by atoms with Gasteiger partial charge in [0.05, 0.1) is 27.4 Å². The van der Waals surface area contributed by atoms with Crippen LogP contribution >= 0.6 is 0 Å². The van der Waals surface area contributed by atoms with Crippen LogP contribution in [0.25, 0.3) is 0 Å². The van der Waals surface area contributed by atoms with E-state index in [1.807, 2.05) is 37.3 Å². The van der Waals surface area contributed by atoms with Crippen LogP contribution in [0.5, 0.6) is 17.2 Å². The summed E-state index contributed by atoms with van der Waals surface area (Å²) >= 11 is 0. The zero-order valence-electron chi connectivity index (χ0n) is 13.7. The van der Waals surface area contributed by atoms with Gasteiger partial charge in [-0.05, 0) is 12.5 Å². The van der Waals surface area contributed by atoms with Gasteiger partial charge in [0, 0.05) is 17.8 Å². The molecule has 2 aromatic rings. The zero-order valence-corrected chi connectivity index (χ0v) is 13.7. The molecule has 0 saturated carbocycles. The fraction of sp³-hybridized carbons (Fsp3) is 0.278. The van der Waals surface area contributed by atoms with E-state index in [0.29, 0.717) is 22.9 Å². The SMILES string of the molecule is COc1cc(NC(C)(C#N)c2ccccc2)cc(OC)c1OC. The van der Waals surface area contributed by atoms with Crippen LogP contribution in [-0.4, -0.2) is 21.3 Å². The fourth-order valence-electron chi connectivity index (χ4n) is 2.38. The van der Waals surface area contributed by atoms with Gasteiger partial charge in [0.1, 0.15) is 5.54 Å². The molecule has 0 bridgehead atoms. The molecule has 0 aromatic heterocycles. The molecule has 2 aromatic carbocycles. The zero-order chi connectivity index (χ0) is 16.9. The van der Waals surface area contributed by atoms with E-state index in [-0.39, 0.29) is 0 Å². The summed E-state index contributed by atoms with van der Waals surface area (Å²) in [4.78, 5) is 0. The van der Waals surface area contributed by atoms with Crippen molar-refractivity contribution in [2.45, 2.75) is 12.5 Å². The molecule has 0 aliphatic heterocycles. The van der Waals surface area contributed by atoms with E-state index in [4.69, 9.17) is 14.2 Å². The first-order valence-electron chi connectivity index (χ1n) is 7.13. The third-order valence-electron chi connectivity index (χ3n) is 3.63. The van der Waals surface area contributed by atoms with Gasteiger partial charge in [-0.2, -0.15) is 5.26 Å². The summed E-state index contributed by atoms with van der Waals surface area (Å²) in [5, 5.41) is 12.9. The van der Waals surface area contributed by atoms with E-state index in [1.165, 1.54) is 0 Å². The van der Waals surface area contributed by atoms with Gasteiger partial charge in [-0.1, -0.05) is 30.3 Å². The van der Waals surface area contributed by atoms with Crippen LogP contribution < -0.4 is 19.5 Å². The van der Waals surface area contributed by atoms with Crippen molar-refractivity contribution in [3.63, 3.8) is 0 Å². The second-order valence-electron chi connectivity index (χ2n) is 5.14. The number of nitriles is 1. The lowest BCUT2D eigenvalue weighted by molar-refractivity contribution is 0.324. The molecule has 120 valence electrons. The average molecular weight is 312 g/mol. The average Bonchev–Trinajstić information content (AvgIpc) is 2.61. The maximum Gasteiger partial charge on any atom is 0.203 e. The van der Waals surface area contributed by atoms with Crippen molar-refractivity contribution >= 4 is 5.69 Å². The lowest BCUT2D eigenvalue weighted by atomic mass is 9.93. The number of nitrogens with zero attached hydrogens (tertiary/aromatic N) is 1. The summed E-state index contributed by atoms with van der Waals surface area (Å²) in [5.74, 6) is 1.57. The highest BCUT2D eigenvalue weighted by molar-refractivity contribution is 5.64. The van der Waals surface area contributed by atoms with Crippen LogP contribution in [-0.2, 0) is 5.54 Å². The van der Waals surface area contributed by atoms with Gasteiger partial charge < -0.3 is 19.5 Å². The lowest BCUT2D eigenvalue weighted by Crippen LogP contribution is -2.29. The summed E-state index contributed by atoms with van der Waals surface area (Å²) in [5.41, 5.74) is 0.690. The minimum atomic E-state index is -0.883. The second-order valence-corrected chi connectivity index (χ2v) is 5.14. The largest absolute Gasteiger partial charge is 0.493 e. The Hall–Kier alpha value is -2.87. The number of nitrogens with one attached hydrogen (secondary N) is 1. The molecular formula is C18H20N2O3. The predicted molar refractivity (Wildman–Crippen MR) is 89.1 cm³/mol. The topological polar surface area (TPSA) is 63.5 Å². The molecule has 1 atom stereocenters. The molecule has 0 amide bonds. The summed E-state index contributed by atoms with van der Waals surface area (Å²) in [6.07, 6.45) is 0. The molecule has 0 fully saturated rings. The van der Waals surface area contributed by atoms with Gasteiger partial charge in [-0.25, -0.2) is 0 Å². The highest BCUT2D eigenvalue weighted by Crippen LogP contribution is 2.41. The van der Waals surface area contributed by atoms with E-state index in [9.17, 15) is 5.26 Å². The third kappa shape index (κ3) is 3.32. The number of rotatable bonds is 6. The maximum atomic E-state index is 9.65. The van der Waals surface area contributed by atoms with Crippen molar-refractivity contribution in [3.8, 4) is 23.3 Å². The van der Waals surface area contributed by atoms with Crippen LogP contribution in [0.15, 0.2) is 42.5 Å². The van der Waals surface area contributed by atoms with E-state index < -0.39 is 5.54 Å². The minimum absolute atomic E-state index is 0.513. The molecule has 1 unspecified atom stereocenters. The normalized spacial score (nSPS) is 12.7. The minimum Gasteiger partial charge on any atom is -0.493 e. The standard InChI is InChI=1S/C18H20N2O3/c1-18(12-19,13-8-6-5-7-9-13)20-14-10-15(21-2)17(23-4)16(11-14)22-3/h5-11,20H,1-4H3. The highest BCUT2D eigenvalue weighted by Gasteiger charge is 2.27. The van der Waals surface area contributed by atoms with Crippen LogP contribution in [0.3, 0.4) is 0 Å². The van der Waals surface area contributed by atoms with Crippen LogP contribution in [0.2, 0.25) is 0 Å². The van der Waals surface area contributed by atoms with Gasteiger partial charge in [0.15, 0.2) is 11.5 Å². The smallest absolute Gasteiger partial charge is 0.203 e. The molecule has 0 spiro atoms. The number of anilines is 1. The molecule has 5 nitrogen and oxygen atoms in total. The first-order valence-corrected chi connectivity index (χ1v) is 7.13. The quantitative estimate of drug-likeness (QED) is 0.883. The van der Waals surface area contributed by atoms with Crippen molar-refractivity contribution in [1.82, 2.24) is 0 Å². The molecule has 5 heteroatoms. The molecule has 0 aliphatic rings. The van der Waals surface area contributed by atoms with Crippen LogP contribution in [0.4, 0.5) is 5.69 Å². The Labute approximate surface area is 136 Å². The first-order chi connectivity index (χ1) is 11.1. The number of methoxy groups -OCH3 is 3. The molecule has 0 heterocycles. The van der Waals surface area contributed by atoms with Crippen molar-refractivity contribution in [2.24, 2.45) is 0 Å². The highest BCUT2D eigenvalue weighted by atomic mass is 16.5. The molecule has 1 N–H and O–H groups in total. The van der Waals surface area contributed by atoms with E-state index in [2.05, 4.69) is 11.4 Å². The predicted octanol–water partition coefficient (Wildman–Crippen LogP) is 3.56. The second kappa shape index (κ2) is 6.93. The van der Waals surface area contributed by atoms with Gasteiger partial charge in [0.2, 0.25) is 5.75 Å². The Morgan fingerprint density at radius 3 is 1.96 bits per heavy atom. The van der Waals surface area contributed by atoms with Gasteiger partial charge in [-0.3, -0.25) is 0 Å². The maximum absolute atomic E-state index is 9.65. The lowest BCUT2D eigenvalue weighted by Gasteiger charge is -2.26. The molecule has 0 aliphatic carbocycles. The monoisotopic (exact) mass is 312 g/mol. The Bertz CT molecular complexity index is 685. The Kier molecular flexibility index (Phi) is 4.97. The number of ether oxygens (including phenoxy) is 3. The van der Waals surface area contributed by atoms with E-state index in [0.717, 1.165) is 5.56 Å². The molecule has 23 heavy (non-hydrogen) atoms. The summed E-state index contributed by atoms with van der Waals surface area (Å²) in [6.45, 7) is 1.82. The van der Waals surface area contributed by atoms with E-state index in [1.54, 1.807) is 33.5 Å². The van der Waals surface area contributed by atoms with Crippen LogP contribution in [0.1, 0.15) is 12.5 Å². The molecular weight excluding hydrogens is 292 g/mol. The van der Waals surface area contributed by atoms with Crippen molar-refractivity contribution in [3.05, 3.63) is 48.0 Å². The summed E-state index contributed by atoms with van der Waals surface area (Å²) < 4.78 is 16.0. The Morgan fingerprint density at radius 2 is 1.52 bits per heavy atom. The Balaban J connectivity index is 2.44. The van der Waals surface area contributed by atoms with E-state index >= 15 is 0 Å². The van der Waals surface area contributed by atoms with Crippen molar-refractivity contribution in [1.29, 1.82) is 5.26 Å². The molecule has 0 saturated heterocycles. The molecule has 2 rings (SSSR count). The fourth-order valence-corrected chi connectivity index (χ4v) is 2.38. The van der Waals surface area contributed by atoms with Crippen molar-refractivity contribution in [2.75, 3.05) is 26.6 Å². The first kappa shape index (κ1) is 16.5. The third-order valence-corrected chi connectivity index (χ3v) is 3.63. The summed E-state index contributed by atoms with van der Waals surface area (Å²) in [6, 6.07) is 15.4. The number of hydrogen-bond acceptors (Lipinski definition) is 5. The number of hydrogen-bond donors (Lipinski definition) is 1. The van der Waals surface area contributed by atoms with Gasteiger partial charge >= 0.3 is 0 Å². The Morgan fingerprint density at radius 1 is 0.957 bits per heavy atom. The van der Waals surface area contributed by atoms with Crippen LogP contribution in [0, 0.1) is 11.3 Å². The number of benzene rings is 2. The summed E-state index contributed by atoms with van der Waals surface area (Å²) in [7, 11) is 4.67. The van der Waals surface area contributed by atoms with Crippen molar-refractivity contribution < 1.29 is 14.2 Å². The molecule has 0 radical (unpaired) electrons. The van der Waals surface area contributed by atoms with Gasteiger partial charge in [0.25, 0.3) is 0 Å². The van der Waals surface area contributed by atoms with Gasteiger partial charge in [-0.15, -0.1) is 0 Å².